The third-order valence-electron chi connectivity index (χ3n) is 7.67. The van der Waals surface area contributed by atoms with Gasteiger partial charge in [0.15, 0.2) is 0 Å². The van der Waals surface area contributed by atoms with Crippen molar-refractivity contribution in [1.29, 1.82) is 0 Å². The van der Waals surface area contributed by atoms with Gasteiger partial charge in [-0.25, -0.2) is 11.6 Å². The molecule has 0 saturated carbocycles. The summed E-state index contributed by atoms with van der Waals surface area (Å²) in [6, 6.07) is 37.3. The van der Waals surface area contributed by atoms with Crippen LogP contribution in [-0.2, 0) is 35.1 Å². The molecule has 0 heterocycles. The molecule has 0 amide bonds. The van der Waals surface area contributed by atoms with E-state index in [0.29, 0.717) is 0 Å². The molecule has 0 aromatic heterocycles. The summed E-state index contributed by atoms with van der Waals surface area (Å²) >= 11 is 1.46. The van der Waals surface area contributed by atoms with E-state index in [0.717, 1.165) is 6.42 Å². The topological polar surface area (TPSA) is 0 Å². The van der Waals surface area contributed by atoms with Gasteiger partial charge in [0.05, 0.1) is 0 Å². The summed E-state index contributed by atoms with van der Waals surface area (Å²) in [5.41, 5.74) is 8.59. The maximum atomic E-state index is 3.19. The fourth-order valence-corrected chi connectivity index (χ4v) is 5.90. The first-order chi connectivity index (χ1) is 19.8. The van der Waals surface area contributed by atoms with Crippen LogP contribution in [-0.4, -0.2) is 3.21 Å². The van der Waals surface area contributed by atoms with Crippen LogP contribution >= 0.6 is 0 Å². The number of hydrogen-bond acceptors (Lipinski definition) is 0. The normalized spacial score (nSPS) is 12.5. The van der Waals surface area contributed by atoms with Crippen LogP contribution in [0.5, 0.6) is 0 Å². The second-order valence-corrected chi connectivity index (χ2v) is 14.6. The fraction of sp³-hybridized carbons (Fsp3) is 0.268. The zero-order chi connectivity index (χ0) is 30.5. The summed E-state index contributed by atoms with van der Waals surface area (Å²) in [5, 5.41) is 5.48. The molecule has 1 aliphatic carbocycles. The van der Waals surface area contributed by atoms with Crippen molar-refractivity contribution in [3.05, 3.63) is 149 Å². The Labute approximate surface area is 293 Å². The first kappa shape index (κ1) is 37.7. The second kappa shape index (κ2) is 16.2. The van der Waals surface area contributed by atoms with E-state index >= 15 is 0 Å². The third-order valence-corrected chi connectivity index (χ3v) is 9.09. The van der Waals surface area contributed by atoms with E-state index in [1.54, 1.807) is 0 Å². The average Bonchev–Trinajstić information content (AvgIpc) is 3.53. The van der Waals surface area contributed by atoms with Crippen molar-refractivity contribution in [1.82, 2.24) is 0 Å². The van der Waals surface area contributed by atoms with E-state index in [9.17, 15) is 0 Å². The van der Waals surface area contributed by atoms with E-state index in [4.69, 9.17) is 0 Å². The van der Waals surface area contributed by atoms with Gasteiger partial charge in [-0.15, -0.1) is 46.2 Å². The molecule has 44 heavy (non-hydrogen) atoms. The molecule has 5 aromatic carbocycles. The predicted molar refractivity (Wildman–Crippen MR) is 181 cm³/mol. The second-order valence-electron chi connectivity index (χ2n) is 13.4. The zero-order valence-electron chi connectivity index (χ0n) is 27.4. The molecule has 0 radical (unpaired) electrons. The Morgan fingerprint density at radius 2 is 1.05 bits per heavy atom. The van der Waals surface area contributed by atoms with Crippen LogP contribution < -0.4 is 24.8 Å². The van der Waals surface area contributed by atoms with Crippen LogP contribution in [0, 0.1) is 6.08 Å². The summed E-state index contributed by atoms with van der Waals surface area (Å²) in [4.78, 5) is 0. The maximum absolute atomic E-state index is 3.19. The molecule has 6 rings (SSSR count). The summed E-state index contributed by atoms with van der Waals surface area (Å²) in [6.07, 6.45) is 6.41. The van der Waals surface area contributed by atoms with E-state index < -0.39 is 0 Å². The molecule has 0 unspecified atom stereocenters. The van der Waals surface area contributed by atoms with Gasteiger partial charge in [0, 0.05) is 0 Å². The van der Waals surface area contributed by atoms with Gasteiger partial charge in [0.2, 0.25) is 0 Å². The number of hydrogen-bond donors (Lipinski definition) is 0. The first-order valence-electron chi connectivity index (χ1n) is 14.9. The average molecular weight is 699 g/mol. The van der Waals surface area contributed by atoms with Gasteiger partial charge in [-0.1, -0.05) is 90.8 Å². The van der Waals surface area contributed by atoms with Crippen molar-refractivity contribution in [3.63, 3.8) is 0 Å². The van der Waals surface area contributed by atoms with Gasteiger partial charge in [0.25, 0.3) is 0 Å². The molecule has 0 fully saturated rings. The number of rotatable bonds is 2. The summed E-state index contributed by atoms with van der Waals surface area (Å²) in [7, 11) is 0. The van der Waals surface area contributed by atoms with E-state index in [1.807, 2.05) is 0 Å². The zero-order valence-corrected chi connectivity index (χ0v) is 31.3. The van der Waals surface area contributed by atoms with Crippen molar-refractivity contribution in [2.45, 2.75) is 72.6 Å². The van der Waals surface area contributed by atoms with Gasteiger partial charge in [-0.05, 0) is 10.8 Å². The Balaban J connectivity index is 0.000000253. The monoisotopic (exact) mass is 696 g/mol. The van der Waals surface area contributed by atoms with E-state index in [2.05, 4.69) is 171 Å². The molecule has 0 N–H and O–H groups in total. The molecule has 0 atom stereocenters. The molecule has 0 nitrogen and oxygen atoms in total. The third kappa shape index (κ3) is 10.0. The molecule has 3 heteroatoms. The van der Waals surface area contributed by atoms with Crippen molar-refractivity contribution < 1.29 is 49.0 Å². The molecule has 5 aromatic rings. The molecule has 228 valence electrons. The molecule has 0 aliphatic heterocycles. The molecular weight excluding hydrogens is 655 g/mol. The standard InChI is InChI=1S/C21H25.C13H10.C7H9.2ClH.Zr/c1-20(2,3)16-7-9-18-14(12-16)11-15-13-17(21(4,5)6)8-10-19(15)18;1-3-7-12(8-4-1)11-13-9-5-2-6-10-13;1-6-3-4-7(2)5-6;;;/h7-13H,1-6H3;1-10H;5H,3H2,1-2H3;2*1H;/q-1;;-1;;;+2/p-2. The van der Waals surface area contributed by atoms with E-state index in [-0.39, 0.29) is 35.6 Å². The summed E-state index contributed by atoms with van der Waals surface area (Å²) < 4.78 is 1.42. The van der Waals surface area contributed by atoms with Crippen molar-refractivity contribution in [2.24, 2.45) is 0 Å². The Kier molecular flexibility index (Phi) is 13.9. The van der Waals surface area contributed by atoms with Gasteiger partial charge in [0.1, 0.15) is 0 Å². The van der Waals surface area contributed by atoms with Gasteiger partial charge < -0.3 is 24.8 Å². The molecule has 0 bridgehead atoms. The van der Waals surface area contributed by atoms with Crippen LogP contribution in [0.15, 0.2) is 120 Å². The van der Waals surface area contributed by atoms with Gasteiger partial charge >= 0.3 is 99.2 Å². The summed E-state index contributed by atoms with van der Waals surface area (Å²) in [5.74, 6) is 0. The van der Waals surface area contributed by atoms with Gasteiger partial charge in [-0.3, -0.25) is 6.08 Å². The van der Waals surface area contributed by atoms with Crippen LogP contribution in [0.4, 0.5) is 0 Å². The SMILES string of the molecule is CC(C)(C)c1ccc2c(c1)[cH-]c1cc(C(C)(C)C)ccc12.CC1=[C-]CC(C)=C1.[Cl-].[Cl-].[Zr+2]=[C](c1ccccc1)c1ccccc1. The number of halogens is 2. The van der Waals surface area contributed by atoms with Crippen LogP contribution in [0.2, 0.25) is 0 Å². The number of allylic oxidation sites excluding steroid dienone is 4. The van der Waals surface area contributed by atoms with E-state index in [1.165, 1.54) is 82.4 Å². The number of fused-ring (bicyclic) bond motifs is 3. The Morgan fingerprint density at radius 1 is 0.636 bits per heavy atom. The Hall–Kier alpha value is -2.44. The van der Waals surface area contributed by atoms with Crippen molar-refractivity contribution in [3.8, 4) is 0 Å². The molecular formula is C41H44Cl2Zr-2. The molecule has 0 spiro atoms. The first-order valence-corrected chi connectivity index (χ1v) is 16.1. The molecule has 0 saturated heterocycles. The minimum absolute atomic E-state index is 0. The Morgan fingerprint density at radius 3 is 1.34 bits per heavy atom. The predicted octanol–water partition coefficient (Wildman–Crippen LogP) is 5.20. The summed E-state index contributed by atoms with van der Waals surface area (Å²) in [6.45, 7) is 17.8. The Bertz CT molecular complexity index is 1610. The quantitative estimate of drug-likeness (QED) is 0.223. The van der Waals surface area contributed by atoms with Crippen molar-refractivity contribution in [2.75, 3.05) is 0 Å². The van der Waals surface area contributed by atoms with Crippen LogP contribution in [0.1, 0.15) is 84.1 Å². The van der Waals surface area contributed by atoms with Crippen LogP contribution in [0.25, 0.3) is 21.5 Å². The fourth-order valence-electron chi connectivity index (χ4n) is 5.08. The van der Waals surface area contributed by atoms with Gasteiger partial charge in [-0.2, -0.15) is 5.57 Å². The molecule has 1 aliphatic rings. The van der Waals surface area contributed by atoms with Crippen LogP contribution in [0.3, 0.4) is 0 Å². The van der Waals surface area contributed by atoms with Crippen molar-refractivity contribution >= 4 is 24.8 Å². The minimum atomic E-state index is 0. The number of benzene rings is 4.